The highest BCUT2D eigenvalue weighted by molar-refractivity contribution is 6.30. The molecule has 0 radical (unpaired) electrons. The fourth-order valence-corrected chi connectivity index (χ4v) is 2.24. The Bertz CT molecular complexity index is 597. The molecule has 4 nitrogen and oxygen atoms in total. The van der Waals surface area contributed by atoms with Crippen molar-refractivity contribution in [1.29, 1.82) is 0 Å². The highest BCUT2D eigenvalue weighted by Gasteiger charge is 2.30. The minimum atomic E-state index is -0.148. The van der Waals surface area contributed by atoms with Crippen LogP contribution in [0.15, 0.2) is 17.2 Å². The molecule has 2 heterocycles. The Hall–Kier alpha value is -1.29. The molecular weight excluding hydrogens is 226 g/mol. The molecule has 5 heteroatoms. The average Bonchev–Trinajstić information content (AvgIpc) is 3.03. The summed E-state index contributed by atoms with van der Waals surface area (Å²) >= 11 is 5.77. The zero-order valence-electron chi connectivity index (χ0n) is 8.90. The van der Waals surface area contributed by atoms with Gasteiger partial charge in [0, 0.05) is 6.20 Å². The third-order valence-electron chi connectivity index (χ3n) is 3.28. The van der Waals surface area contributed by atoms with Crippen LogP contribution in [0.5, 0.6) is 0 Å². The first-order valence-corrected chi connectivity index (χ1v) is 5.80. The van der Waals surface area contributed by atoms with E-state index in [-0.39, 0.29) is 10.5 Å². The number of hydrogen-bond donors (Lipinski definition) is 1. The number of pyridine rings is 1. The van der Waals surface area contributed by atoms with Gasteiger partial charge in [0.2, 0.25) is 5.43 Å². The predicted octanol–water partition coefficient (Wildman–Crippen LogP) is 2.35. The third-order valence-corrected chi connectivity index (χ3v) is 3.56. The second kappa shape index (κ2) is 3.35. The van der Waals surface area contributed by atoms with Gasteiger partial charge < -0.3 is 4.98 Å². The third kappa shape index (κ3) is 1.37. The van der Waals surface area contributed by atoms with E-state index in [9.17, 15) is 4.79 Å². The van der Waals surface area contributed by atoms with Crippen LogP contribution in [-0.4, -0.2) is 14.8 Å². The molecule has 1 fully saturated rings. The van der Waals surface area contributed by atoms with E-state index in [0.29, 0.717) is 17.3 Å². The van der Waals surface area contributed by atoms with Crippen molar-refractivity contribution >= 4 is 22.6 Å². The Kier molecular flexibility index (Phi) is 2.07. The lowest BCUT2D eigenvalue weighted by Gasteiger charge is -2.11. The zero-order valence-corrected chi connectivity index (χ0v) is 9.66. The van der Waals surface area contributed by atoms with Gasteiger partial charge in [0.05, 0.1) is 17.6 Å². The summed E-state index contributed by atoms with van der Waals surface area (Å²) in [5, 5.41) is 5.07. The number of H-pyrrole nitrogens is 1. The van der Waals surface area contributed by atoms with Crippen LogP contribution < -0.4 is 5.43 Å². The van der Waals surface area contributed by atoms with Gasteiger partial charge in [-0.05, 0) is 25.7 Å². The van der Waals surface area contributed by atoms with E-state index in [0.717, 1.165) is 5.65 Å². The lowest BCUT2D eigenvalue weighted by atomic mass is 10.2. The molecule has 1 unspecified atom stereocenters. The van der Waals surface area contributed by atoms with Gasteiger partial charge in [-0.3, -0.25) is 4.79 Å². The van der Waals surface area contributed by atoms with Crippen LogP contribution in [0.4, 0.5) is 0 Å². The molecule has 1 aliphatic rings. The molecule has 1 N–H and O–H groups in total. The molecule has 0 aromatic carbocycles. The molecule has 84 valence electrons. The van der Waals surface area contributed by atoms with Crippen molar-refractivity contribution < 1.29 is 0 Å². The quantitative estimate of drug-likeness (QED) is 0.872. The number of rotatable bonds is 2. The second-order valence-corrected chi connectivity index (χ2v) is 4.80. The zero-order chi connectivity index (χ0) is 11.3. The molecule has 0 spiro atoms. The lowest BCUT2D eigenvalue weighted by Crippen LogP contribution is -2.10. The molecule has 0 aliphatic heterocycles. The van der Waals surface area contributed by atoms with Crippen LogP contribution in [-0.2, 0) is 0 Å². The number of aromatic amines is 1. The Morgan fingerprint density at radius 3 is 3.06 bits per heavy atom. The monoisotopic (exact) mass is 237 g/mol. The number of halogens is 1. The van der Waals surface area contributed by atoms with E-state index in [2.05, 4.69) is 17.0 Å². The van der Waals surface area contributed by atoms with Crippen LogP contribution in [0.25, 0.3) is 11.0 Å². The predicted molar refractivity (Wildman–Crippen MR) is 62.8 cm³/mol. The SMILES string of the molecule is CC(C1CC1)n1ncc2c(=O)c(Cl)c[nH]c21. The number of nitrogens with one attached hydrogen (secondary N) is 1. The normalized spacial score (nSPS) is 17.9. The van der Waals surface area contributed by atoms with Crippen molar-refractivity contribution in [3.05, 3.63) is 27.6 Å². The van der Waals surface area contributed by atoms with Gasteiger partial charge >= 0.3 is 0 Å². The molecule has 1 saturated carbocycles. The Labute approximate surface area is 97.2 Å². The average molecular weight is 238 g/mol. The Balaban J connectivity index is 2.20. The van der Waals surface area contributed by atoms with Crippen molar-refractivity contribution in [1.82, 2.24) is 14.8 Å². The Morgan fingerprint density at radius 1 is 1.62 bits per heavy atom. The van der Waals surface area contributed by atoms with Crippen molar-refractivity contribution in [2.45, 2.75) is 25.8 Å². The highest BCUT2D eigenvalue weighted by Crippen LogP contribution is 2.39. The minimum Gasteiger partial charge on any atom is -0.345 e. The largest absolute Gasteiger partial charge is 0.345 e. The molecule has 2 aromatic heterocycles. The summed E-state index contributed by atoms with van der Waals surface area (Å²) in [7, 11) is 0. The number of nitrogens with zero attached hydrogens (tertiary/aromatic N) is 2. The molecular formula is C11H12ClN3O. The smallest absolute Gasteiger partial charge is 0.211 e. The van der Waals surface area contributed by atoms with E-state index >= 15 is 0 Å². The first-order chi connectivity index (χ1) is 7.68. The minimum absolute atomic E-state index is 0.148. The number of aromatic nitrogens is 3. The number of fused-ring (bicyclic) bond motifs is 1. The van der Waals surface area contributed by atoms with Gasteiger partial charge in [0.15, 0.2) is 0 Å². The van der Waals surface area contributed by atoms with Crippen LogP contribution in [0.1, 0.15) is 25.8 Å². The summed E-state index contributed by atoms with van der Waals surface area (Å²) in [6.45, 7) is 2.14. The maximum atomic E-state index is 11.7. The molecule has 1 aliphatic carbocycles. The summed E-state index contributed by atoms with van der Waals surface area (Å²) < 4.78 is 1.89. The molecule has 2 aromatic rings. The Morgan fingerprint density at radius 2 is 2.38 bits per heavy atom. The van der Waals surface area contributed by atoms with E-state index in [1.165, 1.54) is 19.0 Å². The van der Waals surface area contributed by atoms with Crippen molar-refractivity contribution in [3.63, 3.8) is 0 Å². The van der Waals surface area contributed by atoms with E-state index in [1.807, 2.05) is 4.68 Å². The summed E-state index contributed by atoms with van der Waals surface area (Å²) in [6.07, 6.45) is 5.63. The van der Waals surface area contributed by atoms with Crippen LogP contribution in [0.3, 0.4) is 0 Å². The molecule has 3 rings (SSSR count). The van der Waals surface area contributed by atoms with Gasteiger partial charge in [-0.1, -0.05) is 11.6 Å². The van der Waals surface area contributed by atoms with E-state index in [1.54, 1.807) is 6.20 Å². The number of hydrogen-bond acceptors (Lipinski definition) is 2. The summed E-state index contributed by atoms with van der Waals surface area (Å²) in [6, 6.07) is 0.342. The molecule has 16 heavy (non-hydrogen) atoms. The van der Waals surface area contributed by atoms with Crippen LogP contribution >= 0.6 is 11.6 Å². The van der Waals surface area contributed by atoms with Crippen LogP contribution in [0.2, 0.25) is 5.02 Å². The second-order valence-electron chi connectivity index (χ2n) is 4.40. The molecule has 0 bridgehead atoms. The summed E-state index contributed by atoms with van der Waals surface area (Å²) in [5.74, 6) is 0.697. The maximum absolute atomic E-state index is 11.7. The van der Waals surface area contributed by atoms with Gasteiger partial charge in [0.1, 0.15) is 10.7 Å². The van der Waals surface area contributed by atoms with Crippen molar-refractivity contribution in [3.8, 4) is 0 Å². The van der Waals surface area contributed by atoms with Gasteiger partial charge in [-0.2, -0.15) is 5.10 Å². The van der Waals surface area contributed by atoms with Crippen molar-refractivity contribution in [2.75, 3.05) is 0 Å². The standard InChI is InChI=1S/C11H12ClN3O/c1-6(7-2-3-7)15-11-8(4-14-15)10(16)9(12)5-13-11/h4-7H,2-3H2,1H3,(H,13,16). The first kappa shape index (κ1) is 9.90. The lowest BCUT2D eigenvalue weighted by molar-refractivity contribution is 0.451. The topological polar surface area (TPSA) is 50.7 Å². The fraction of sp³-hybridized carbons (Fsp3) is 0.455. The molecule has 0 amide bonds. The van der Waals surface area contributed by atoms with E-state index in [4.69, 9.17) is 11.6 Å². The van der Waals surface area contributed by atoms with Crippen LogP contribution in [0, 0.1) is 5.92 Å². The van der Waals surface area contributed by atoms with Gasteiger partial charge in [0.25, 0.3) is 0 Å². The summed E-state index contributed by atoms with van der Waals surface area (Å²) in [4.78, 5) is 14.8. The molecule has 1 atom stereocenters. The highest BCUT2D eigenvalue weighted by atomic mass is 35.5. The first-order valence-electron chi connectivity index (χ1n) is 5.43. The van der Waals surface area contributed by atoms with Crippen molar-refractivity contribution in [2.24, 2.45) is 5.92 Å². The van der Waals surface area contributed by atoms with E-state index < -0.39 is 0 Å². The molecule has 0 saturated heterocycles. The fourth-order valence-electron chi connectivity index (χ4n) is 2.09. The van der Waals surface area contributed by atoms with Gasteiger partial charge in [-0.15, -0.1) is 0 Å². The summed E-state index contributed by atoms with van der Waals surface area (Å²) in [5.41, 5.74) is 0.624. The van der Waals surface area contributed by atoms with Gasteiger partial charge in [-0.25, -0.2) is 4.68 Å². The maximum Gasteiger partial charge on any atom is 0.211 e.